The first-order chi connectivity index (χ1) is 19.7. The fourth-order valence-electron chi connectivity index (χ4n) is 5.19. The van der Waals surface area contributed by atoms with Gasteiger partial charge in [0.15, 0.2) is 11.5 Å². The number of carbonyl (C=O) groups is 1. The van der Waals surface area contributed by atoms with Crippen molar-refractivity contribution >= 4 is 45.6 Å². The van der Waals surface area contributed by atoms with Crippen molar-refractivity contribution in [1.82, 2.24) is 9.58 Å². The van der Waals surface area contributed by atoms with E-state index >= 15 is 0 Å². The van der Waals surface area contributed by atoms with Gasteiger partial charge in [-0.1, -0.05) is 66.7 Å². The van der Waals surface area contributed by atoms with Crippen LogP contribution in [-0.4, -0.2) is 41.2 Å². The van der Waals surface area contributed by atoms with Gasteiger partial charge in [0.2, 0.25) is 0 Å². The molecular weight excluding hydrogens is 539 g/mol. The number of carbonyl (C=O) groups excluding carboxylic acids is 1. The Morgan fingerprint density at radius 3 is 2.58 bits per heavy atom. The maximum atomic E-state index is 13.8. The number of nitrogens with zero attached hydrogens (tertiary/aromatic N) is 3. The summed E-state index contributed by atoms with van der Waals surface area (Å²) in [4.78, 5) is 16.0. The topological polar surface area (TPSA) is 56.1 Å². The van der Waals surface area contributed by atoms with E-state index in [0.717, 1.165) is 38.5 Å². The van der Waals surface area contributed by atoms with Crippen molar-refractivity contribution in [2.24, 2.45) is 5.10 Å². The molecule has 3 heterocycles. The Morgan fingerprint density at radius 1 is 0.975 bits per heavy atom. The molecule has 1 aliphatic rings. The van der Waals surface area contributed by atoms with Gasteiger partial charge >= 0.3 is 0 Å². The number of ether oxygens (including phenoxy) is 2. The zero-order valence-electron chi connectivity index (χ0n) is 22.3. The second-order valence-corrected chi connectivity index (χ2v) is 11.4. The largest absolute Gasteiger partial charge is 0.493 e. The maximum Gasteiger partial charge on any atom is 0.253 e. The van der Waals surface area contributed by atoms with Crippen LogP contribution in [0.1, 0.15) is 28.5 Å². The molecule has 0 aliphatic carbocycles. The van der Waals surface area contributed by atoms with Crippen LogP contribution in [0.25, 0.3) is 10.9 Å². The van der Waals surface area contributed by atoms with E-state index in [2.05, 4.69) is 53.2 Å². The molecule has 202 valence electrons. The number of hydrogen-bond donors (Lipinski definition) is 0. The van der Waals surface area contributed by atoms with Crippen molar-refractivity contribution in [3.05, 3.63) is 113 Å². The molecule has 0 N–H and O–H groups in total. The number of benzene rings is 3. The average Bonchev–Trinajstić information content (AvgIpc) is 3.76. The lowest BCUT2D eigenvalue weighted by Gasteiger charge is -2.24. The van der Waals surface area contributed by atoms with E-state index in [0.29, 0.717) is 17.9 Å². The molecule has 1 atom stereocenters. The van der Waals surface area contributed by atoms with Gasteiger partial charge in [-0.25, -0.2) is 5.01 Å². The third kappa shape index (κ3) is 5.12. The highest BCUT2D eigenvalue weighted by atomic mass is 32.2. The SMILES string of the molecule is COc1cccc([C@@H]2CC(c3cccs3)=NN2C(=O)CSc2cn(Cc3ccccc3)c3ccccc23)c1OC. The first-order valence-electron chi connectivity index (χ1n) is 13.0. The van der Waals surface area contributed by atoms with Crippen molar-refractivity contribution in [2.45, 2.75) is 23.9 Å². The normalized spacial score (nSPS) is 14.9. The molecule has 6 nitrogen and oxygen atoms in total. The van der Waals surface area contributed by atoms with Crippen molar-refractivity contribution in [3.8, 4) is 11.5 Å². The predicted molar refractivity (Wildman–Crippen MR) is 163 cm³/mol. The van der Waals surface area contributed by atoms with Crippen molar-refractivity contribution in [3.63, 3.8) is 0 Å². The minimum absolute atomic E-state index is 0.0497. The number of aromatic nitrogens is 1. The van der Waals surface area contributed by atoms with Gasteiger partial charge in [0.1, 0.15) is 0 Å². The number of thioether (sulfide) groups is 1. The Labute approximate surface area is 241 Å². The lowest BCUT2D eigenvalue weighted by Crippen LogP contribution is -2.28. The number of hydrogen-bond acceptors (Lipinski definition) is 6. The first kappa shape index (κ1) is 26.2. The van der Waals surface area contributed by atoms with Gasteiger partial charge in [-0.05, 0) is 29.1 Å². The Balaban J connectivity index is 1.28. The Kier molecular flexibility index (Phi) is 7.62. The van der Waals surface area contributed by atoms with E-state index in [1.807, 2.05) is 47.8 Å². The number of amides is 1. The lowest BCUT2D eigenvalue weighted by atomic mass is 9.99. The molecule has 5 aromatic rings. The van der Waals surface area contributed by atoms with Crippen LogP contribution in [-0.2, 0) is 11.3 Å². The number of rotatable bonds is 9. The van der Waals surface area contributed by atoms with Gasteiger partial charge in [-0.2, -0.15) is 5.10 Å². The van der Waals surface area contributed by atoms with E-state index in [1.165, 1.54) is 5.56 Å². The van der Waals surface area contributed by atoms with Crippen LogP contribution in [0.15, 0.2) is 107 Å². The van der Waals surface area contributed by atoms with Gasteiger partial charge in [0.05, 0.1) is 36.6 Å². The summed E-state index contributed by atoms with van der Waals surface area (Å²) in [5, 5.41) is 9.67. The Hall–Kier alpha value is -4.01. The molecule has 0 saturated heterocycles. The van der Waals surface area contributed by atoms with Gasteiger partial charge in [0, 0.05) is 40.5 Å². The zero-order chi connectivity index (χ0) is 27.5. The number of fused-ring (bicyclic) bond motifs is 1. The summed E-state index contributed by atoms with van der Waals surface area (Å²) in [6.45, 7) is 0.772. The van der Waals surface area contributed by atoms with Gasteiger partial charge < -0.3 is 14.0 Å². The smallest absolute Gasteiger partial charge is 0.253 e. The van der Waals surface area contributed by atoms with Crippen molar-refractivity contribution < 1.29 is 14.3 Å². The quantitative estimate of drug-likeness (QED) is 0.176. The summed E-state index contributed by atoms with van der Waals surface area (Å²) in [6.07, 6.45) is 2.76. The standard InChI is InChI=1S/C32H29N3O3S2/c1-37-28-15-8-13-24(32(28)38-2)27-18-25(29-16-9-17-39-29)33-35(27)31(36)21-40-30-20-34(19-22-10-4-3-5-11-22)26-14-7-6-12-23(26)30/h3-17,20,27H,18-19,21H2,1-2H3/t27-/m0/s1. The van der Waals surface area contributed by atoms with Crippen LogP contribution >= 0.6 is 23.1 Å². The molecular formula is C32H29N3O3S2. The molecule has 1 aliphatic heterocycles. The van der Waals surface area contributed by atoms with Gasteiger partial charge in [-0.3, -0.25) is 4.79 Å². The molecule has 0 spiro atoms. The monoisotopic (exact) mass is 567 g/mol. The summed E-state index contributed by atoms with van der Waals surface area (Å²) in [7, 11) is 3.25. The molecule has 0 unspecified atom stereocenters. The summed E-state index contributed by atoms with van der Waals surface area (Å²) in [5.74, 6) is 1.49. The van der Waals surface area contributed by atoms with E-state index in [1.54, 1.807) is 42.3 Å². The maximum absolute atomic E-state index is 13.8. The number of thiophene rings is 1. The molecule has 8 heteroatoms. The van der Waals surface area contributed by atoms with Crippen LogP contribution in [0.3, 0.4) is 0 Å². The predicted octanol–water partition coefficient (Wildman–Crippen LogP) is 7.24. The third-order valence-corrected chi connectivity index (χ3v) is 9.01. The first-order valence-corrected chi connectivity index (χ1v) is 14.9. The number of hydrazone groups is 1. The minimum atomic E-state index is -0.283. The molecule has 0 saturated carbocycles. The molecule has 0 radical (unpaired) electrons. The molecule has 40 heavy (non-hydrogen) atoms. The van der Waals surface area contributed by atoms with Crippen LogP contribution in [0, 0.1) is 0 Å². The van der Waals surface area contributed by atoms with Crippen LogP contribution in [0.2, 0.25) is 0 Å². The molecule has 2 aromatic heterocycles. The van der Waals surface area contributed by atoms with E-state index < -0.39 is 0 Å². The second-order valence-electron chi connectivity index (χ2n) is 9.48. The van der Waals surface area contributed by atoms with Gasteiger partial charge in [-0.15, -0.1) is 23.1 Å². The second kappa shape index (κ2) is 11.6. The molecule has 0 fully saturated rings. The van der Waals surface area contributed by atoms with Gasteiger partial charge in [0.25, 0.3) is 5.91 Å². The fourth-order valence-corrected chi connectivity index (χ4v) is 6.86. The zero-order valence-corrected chi connectivity index (χ0v) is 24.0. The summed E-state index contributed by atoms with van der Waals surface area (Å²) >= 11 is 3.19. The molecule has 3 aromatic carbocycles. The highest BCUT2D eigenvalue weighted by Gasteiger charge is 2.36. The molecule has 0 bridgehead atoms. The van der Waals surface area contributed by atoms with E-state index in [4.69, 9.17) is 14.6 Å². The lowest BCUT2D eigenvalue weighted by molar-refractivity contribution is -0.130. The van der Waals surface area contributed by atoms with Crippen LogP contribution in [0.5, 0.6) is 11.5 Å². The fraction of sp³-hybridized carbons (Fsp3) is 0.188. The Morgan fingerprint density at radius 2 is 1.80 bits per heavy atom. The van der Waals surface area contributed by atoms with Crippen LogP contribution in [0.4, 0.5) is 0 Å². The third-order valence-electron chi connectivity index (χ3n) is 7.06. The average molecular weight is 568 g/mol. The van der Waals surface area contributed by atoms with Crippen molar-refractivity contribution in [2.75, 3.05) is 20.0 Å². The van der Waals surface area contributed by atoms with Crippen molar-refractivity contribution in [1.29, 1.82) is 0 Å². The minimum Gasteiger partial charge on any atom is -0.493 e. The summed E-state index contributed by atoms with van der Waals surface area (Å²) < 4.78 is 13.5. The highest BCUT2D eigenvalue weighted by molar-refractivity contribution is 8.00. The molecule has 6 rings (SSSR count). The highest BCUT2D eigenvalue weighted by Crippen LogP contribution is 2.42. The summed E-state index contributed by atoms with van der Waals surface area (Å²) in [6, 6.07) is 28.3. The van der Waals surface area contributed by atoms with E-state index in [9.17, 15) is 4.79 Å². The molecule has 1 amide bonds. The number of methoxy groups -OCH3 is 2. The number of para-hydroxylation sites is 2. The Bertz CT molecular complexity index is 1660. The van der Waals surface area contributed by atoms with E-state index in [-0.39, 0.29) is 17.7 Å². The van der Waals surface area contributed by atoms with Crippen LogP contribution < -0.4 is 9.47 Å². The summed E-state index contributed by atoms with van der Waals surface area (Å²) in [5.41, 5.74) is 4.18.